The first-order valence-corrected chi connectivity index (χ1v) is 25.3. The second kappa shape index (κ2) is 35.5. The molecule has 12 heteroatoms. The highest BCUT2D eigenvalue weighted by Crippen LogP contribution is 2.43. The van der Waals surface area contributed by atoms with Gasteiger partial charge in [0.15, 0.2) is 6.10 Å². The van der Waals surface area contributed by atoms with E-state index in [1.807, 2.05) is 57.6 Å². The third kappa shape index (κ3) is 32.0. The molecular weight excluding hydrogens is 806 g/mol. The zero-order valence-electron chi connectivity index (χ0n) is 39.9. The normalized spacial score (nSPS) is 14.4. The lowest BCUT2D eigenvalue weighted by Crippen LogP contribution is -2.37. The van der Waals surface area contributed by atoms with Crippen molar-refractivity contribution in [3.63, 3.8) is 0 Å². The van der Waals surface area contributed by atoms with Gasteiger partial charge in [-0.25, -0.2) is 4.57 Å². The van der Waals surface area contributed by atoms with E-state index in [1.54, 1.807) is 0 Å². The van der Waals surface area contributed by atoms with Crippen LogP contribution >= 0.6 is 7.82 Å². The number of allylic oxidation sites excluding steroid dienone is 7. The van der Waals surface area contributed by atoms with Crippen molar-refractivity contribution in [3.05, 3.63) is 71.3 Å². The standard InChI is InChI=1S/C50H86NO10P/c1-8-10-27-33-45(52)34-29-23-19-15-13-12-14-16-22-26-32-38-50(54)60-46(42-59-62(55,56)58-40-39-51(5,6)7)41-57-49(53)37-31-25-21-18-17-20-24-30-36-48-44(4)43(3)47(61-48)35-28-11-9-2/h12-13,16,19,22-23,29,34,45-46,52H,8-11,14-15,17-18,20-21,24-28,30-33,35-42H2,1-7H3/p+1/b13-12-,22-16-,23-19-,34-29+/t45-,46+/m0/s1. The number of nitrogens with zero attached hydrogens (tertiary/aromatic N) is 1. The van der Waals surface area contributed by atoms with E-state index in [-0.39, 0.29) is 32.2 Å². The Labute approximate surface area is 376 Å². The number of furan rings is 1. The fraction of sp³-hybridized carbons (Fsp3) is 0.720. The molecular formula is C50H87NO10P+. The number of aryl methyl sites for hydroxylation is 2. The Morgan fingerprint density at radius 1 is 0.694 bits per heavy atom. The summed E-state index contributed by atoms with van der Waals surface area (Å²) in [4.78, 5) is 35.5. The van der Waals surface area contributed by atoms with Crippen molar-refractivity contribution >= 4 is 19.8 Å². The molecule has 1 aromatic heterocycles. The fourth-order valence-electron chi connectivity index (χ4n) is 6.59. The van der Waals surface area contributed by atoms with Crippen LogP contribution in [-0.2, 0) is 45.5 Å². The molecule has 0 spiro atoms. The molecule has 0 amide bonds. The highest BCUT2D eigenvalue weighted by atomic mass is 31.2. The van der Waals surface area contributed by atoms with Crippen molar-refractivity contribution in [1.82, 2.24) is 0 Å². The lowest BCUT2D eigenvalue weighted by molar-refractivity contribution is -0.870. The number of carbonyl (C=O) groups excluding carboxylic acids is 2. The van der Waals surface area contributed by atoms with Gasteiger partial charge in [0.25, 0.3) is 0 Å². The molecule has 0 aliphatic heterocycles. The molecule has 2 N–H and O–H groups in total. The van der Waals surface area contributed by atoms with Crippen LogP contribution in [0.1, 0.15) is 171 Å². The number of quaternary nitrogens is 1. The minimum atomic E-state index is -4.42. The summed E-state index contributed by atoms with van der Waals surface area (Å²) in [5, 5.41) is 9.92. The number of unbranched alkanes of at least 4 members (excludes halogenated alkanes) is 12. The highest BCUT2D eigenvalue weighted by Gasteiger charge is 2.27. The fourth-order valence-corrected chi connectivity index (χ4v) is 7.33. The number of phosphoric acid groups is 1. The smallest absolute Gasteiger partial charge is 0.466 e. The summed E-state index contributed by atoms with van der Waals surface area (Å²) in [7, 11) is 1.39. The molecule has 1 unspecified atom stereocenters. The lowest BCUT2D eigenvalue weighted by Gasteiger charge is -2.24. The summed E-state index contributed by atoms with van der Waals surface area (Å²) >= 11 is 0. The molecule has 356 valence electrons. The Morgan fingerprint density at radius 2 is 1.26 bits per heavy atom. The van der Waals surface area contributed by atoms with E-state index < -0.39 is 32.5 Å². The van der Waals surface area contributed by atoms with Crippen molar-refractivity contribution in [2.75, 3.05) is 47.5 Å². The SMILES string of the molecule is CCCCCc1oc(CCCCCCCCCCC(=O)OC[C@H](COP(=O)(O)OCC[N+](C)(C)C)OC(=O)CCC/C=C\C/C=C\C/C=C\C=C\[C@@H](O)CCCCC)c(C)c1C. The zero-order valence-corrected chi connectivity index (χ0v) is 40.8. The molecule has 0 saturated heterocycles. The van der Waals surface area contributed by atoms with Crippen LogP contribution < -0.4 is 0 Å². The number of phosphoric ester groups is 1. The number of hydrogen-bond acceptors (Lipinski definition) is 9. The Hall–Kier alpha value is -2.79. The van der Waals surface area contributed by atoms with Gasteiger partial charge in [-0.05, 0) is 76.3 Å². The second-order valence-electron chi connectivity index (χ2n) is 17.6. The van der Waals surface area contributed by atoms with Crippen molar-refractivity contribution in [2.45, 2.75) is 188 Å². The average molecular weight is 893 g/mol. The van der Waals surface area contributed by atoms with Crippen LogP contribution in [0.25, 0.3) is 0 Å². The molecule has 62 heavy (non-hydrogen) atoms. The maximum Gasteiger partial charge on any atom is 0.472 e. The minimum Gasteiger partial charge on any atom is -0.466 e. The van der Waals surface area contributed by atoms with Crippen molar-refractivity contribution in [3.8, 4) is 0 Å². The molecule has 1 aromatic rings. The van der Waals surface area contributed by atoms with Crippen LogP contribution in [0, 0.1) is 13.8 Å². The predicted molar refractivity (Wildman–Crippen MR) is 252 cm³/mol. The van der Waals surface area contributed by atoms with E-state index in [9.17, 15) is 24.2 Å². The number of ether oxygens (including phenoxy) is 2. The van der Waals surface area contributed by atoms with Gasteiger partial charge in [-0.2, -0.15) is 0 Å². The number of carbonyl (C=O) groups is 2. The summed E-state index contributed by atoms with van der Waals surface area (Å²) in [6, 6.07) is 0. The van der Waals surface area contributed by atoms with Gasteiger partial charge in [0, 0.05) is 25.7 Å². The molecule has 0 aliphatic rings. The molecule has 0 fully saturated rings. The largest absolute Gasteiger partial charge is 0.472 e. The van der Waals surface area contributed by atoms with Crippen LogP contribution in [0.15, 0.2) is 53.0 Å². The number of aliphatic hydroxyl groups excluding tert-OH is 1. The quantitative estimate of drug-likeness (QED) is 0.0164. The van der Waals surface area contributed by atoms with Crippen LogP contribution in [0.2, 0.25) is 0 Å². The summed E-state index contributed by atoms with van der Waals surface area (Å²) in [6.45, 7) is 8.52. The van der Waals surface area contributed by atoms with Gasteiger partial charge in [-0.3, -0.25) is 18.6 Å². The van der Waals surface area contributed by atoms with Gasteiger partial charge in [-0.1, -0.05) is 133 Å². The summed E-state index contributed by atoms with van der Waals surface area (Å²) < 4.78 is 40.5. The molecule has 0 aromatic carbocycles. The number of aliphatic hydroxyl groups is 1. The third-order valence-corrected chi connectivity index (χ3v) is 11.7. The topological polar surface area (TPSA) is 142 Å². The van der Waals surface area contributed by atoms with E-state index in [0.717, 1.165) is 82.8 Å². The van der Waals surface area contributed by atoms with E-state index in [4.69, 9.17) is 22.9 Å². The lowest BCUT2D eigenvalue weighted by atomic mass is 10.0. The molecule has 11 nitrogen and oxygen atoms in total. The van der Waals surface area contributed by atoms with Crippen molar-refractivity contribution in [2.24, 2.45) is 0 Å². The number of hydrogen-bond donors (Lipinski definition) is 2. The maximum atomic E-state index is 12.7. The third-order valence-electron chi connectivity index (χ3n) is 10.7. The summed E-state index contributed by atoms with van der Waals surface area (Å²) in [5.41, 5.74) is 2.65. The van der Waals surface area contributed by atoms with Crippen molar-refractivity contribution < 1.29 is 51.6 Å². The van der Waals surface area contributed by atoms with Crippen molar-refractivity contribution in [1.29, 1.82) is 0 Å². The van der Waals surface area contributed by atoms with Crippen LogP contribution in [0.5, 0.6) is 0 Å². The van der Waals surface area contributed by atoms with Crippen LogP contribution in [0.3, 0.4) is 0 Å². The Balaban J connectivity index is 2.39. The molecule has 1 rings (SSSR count). The van der Waals surface area contributed by atoms with Gasteiger partial charge < -0.3 is 28.4 Å². The van der Waals surface area contributed by atoms with E-state index >= 15 is 0 Å². The first-order chi connectivity index (χ1) is 29.7. The summed E-state index contributed by atoms with van der Waals surface area (Å²) in [6.07, 6.45) is 36.0. The average Bonchev–Trinajstić information content (AvgIpc) is 3.48. The molecule has 3 atom stereocenters. The monoisotopic (exact) mass is 893 g/mol. The van der Waals surface area contributed by atoms with Gasteiger partial charge in [0.1, 0.15) is 31.3 Å². The van der Waals surface area contributed by atoms with Gasteiger partial charge in [0.2, 0.25) is 0 Å². The van der Waals surface area contributed by atoms with E-state index in [1.165, 1.54) is 55.4 Å². The highest BCUT2D eigenvalue weighted by molar-refractivity contribution is 7.47. The van der Waals surface area contributed by atoms with E-state index in [2.05, 4.69) is 39.8 Å². The zero-order chi connectivity index (χ0) is 45.9. The predicted octanol–water partition coefficient (Wildman–Crippen LogP) is 12.1. The Morgan fingerprint density at radius 3 is 1.90 bits per heavy atom. The van der Waals surface area contributed by atoms with E-state index in [0.29, 0.717) is 30.3 Å². The van der Waals surface area contributed by atoms with Gasteiger partial charge >= 0.3 is 19.8 Å². The Kier molecular flexibility index (Phi) is 32.8. The number of rotatable bonds is 39. The number of likely N-dealkylation sites (N-methyl/N-ethyl adjacent to an activating group) is 1. The molecule has 0 bridgehead atoms. The van der Waals surface area contributed by atoms with Gasteiger partial charge in [-0.15, -0.1) is 0 Å². The van der Waals surface area contributed by atoms with Gasteiger partial charge in [0.05, 0.1) is 33.9 Å². The van der Waals surface area contributed by atoms with Crippen LogP contribution in [0.4, 0.5) is 0 Å². The molecule has 0 aliphatic carbocycles. The number of esters is 2. The molecule has 1 heterocycles. The molecule has 0 saturated carbocycles. The first-order valence-electron chi connectivity index (χ1n) is 23.8. The first kappa shape index (κ1) is 57.2. The summed E-state index contributed by atoms with van der Waals surface area (Å²) in [5.74, 6) is 1.41. The minimum absolute atomic E-state index is 0.00496. The maximum absolute atomic E-state index is 12.7. The van der Waals surface area contributed by atoms with Crippen LogP contribution in [-0.4, -0.2) is 86.1 Å². The second-order valence-corrected chi connectivity index (χ2v) is 19.0. The Bertz CT molecular complexity index is 1490. The molecule has 0 radical (unpaired) electrons.